The Hall–Kier alpha value is -1.45. The average Bonchev–Trinajstić information content (AvgIpc) is 3.13. The van der Waals surface area contributed by atoms with E-state index in [0.717, 1.165) is 29.4 Å². The molecule has 20 heavy (non-hydrogen) atoms. The largest absolute Gasteiger partial charge is 0.472 e. The number of benzene rings is 1. The van der Waals surface area contributed by atoms with Crippen LogP contribution in [-0.4, -0.2) is 13.1 Å². The van der Waals surface area contributed by atoms with Gasteiger partial charge in [-0.3, -0.25) is 0 Å². The van der Waals surface area contributed by atoms with Gasteiger partial charge in [-0.05, 0) is 30.5 Å². The highest BCUT2D eigenvalue weighted by molar-refractivity contribution is 6.33. The summed E-state index contributed by atoms with van der Waals surface area (Å²) in [6, 6.07) is 8.78. The lowest BCUT2D eigenvalue weighted by Crippen LogP contribution is -2.21. The van der Waals surface area contributed by atoms with E-state index in [-0.39, 0.29) is 0 Å². The molecule has 1 aromatic carbocycles. The third-order valence-electron chi connectivity index (χ3n) is 3.61. The van der Waals surface area contributed by atoms with E-state index in [2.05, 4.69) is 23.3 Å². The lowest BCUT2D eigenvalue weighted by molar-refractivity contribution is 0.563. The number of hydrogen-bond acceptors (Lipinski definition) is 3. The zero-order chi connectivity index (χ0) is 13.9. The third-order valence-corrected chi connectivity index (χ3v) is 3.92. The minimum atomic E-state index is 0.695. The van der Waals surface area contributed by atoms with E-state index in [4.69, 9.17) is 16.0 Å². The zero-order valence-corrected chi connectivity index (χ0v) is 12.4. The average molecular weight is 291 g/mol. The van der Waals surface area contributed by atoms with E-state index in [1.54, 1.807) is 12.5 Å². The summed E-state index contributed by atoms with van der Waals surface area (Å²) < 4.78 is 5.13. The van der Waals surface area contributed by atoms with Gasteiger partial charge in [0.1, 0.15) is 0 Å². The minimum absolute atomic E-state index is 0.695. The molecule has 1 N–H and O–H groups in total. The van der Waals surface area contributed by atoms with Gasteiger partial charge in [-0.2, -0.15) is 0 Å². The topological polar surface area (TPSA) is 28.4 Å². The molecule has 1 aromatic heterocycles. The monoisotopic (exact) mass is 290 g/mol. The molecule has 106 valence electrons. The van der Waals surface area contributed by atoms with Crippen LogP contribution in [0.1, 0.15) is 24.0 Å². The van der Waals surface area contributed by atoms with Crippen molar-refractivity contribution in [3.63, 3.8) is 0 Å². The molecule has 0 unspecified atom stereocenters. The summed E-state index contributed by atoms with van der Waals surface area (Å²) in [5.74, 6) is 0. The molecule has 0 saturated heterocycles. The quantitative estimate of drug-likeness (QED) is 0.877. The van der Waals surface area contributed by atoms with Crippen LogP contribution >= 0.6 is 11.6 Å². The summed E-state index contributed by atoms with van der Waals surface area (Å²) in [5.41, 5.74) is 3.49. The highest BCUT2D eigenvalue weighted by Crippen LogP contribution is 2.31. The number of furan rings is 1. The lowest BCUT2D eigenvalue weighted by atomic mass is 10.1. The van der Waals surface area contributed by atoms with Crippen molar-refractivity contribution in [2.24, 2.45) is 0 Å². The van der Waals surface area contributed by atoms with Crippen LogP contribution in [0.4, 0.5) is 5.69 Å². The van der Waals surface area contributed by atoms with Crippen LogP contribution in [0.5, 0.6) is 0 Å². The normalized spacial score (nSPS) is 14.5. The minimum Gasteiger partial charge on any atom is -0.472 e. The molecule has 0 aliphatic heterocycles. The molecule has 3 rings (SSSR count). The molecule has 0 bridgehead atoms. The summed E-state index contributed by atoms with van der Waals surface area (Å²) in [7, 11) is 2.06. The Morgan fingerprint density at radius 2 is 2.20 bits per heavy atom. The first-order chi connectivity index (χ1) is 9.74. The molecule has 1 saturated carbocycles. The fourth-order valence-electron chi connectivity index (χ4n) is 2.41. The van der Waals surface area contributed by atoms with Crippen molar-refractivity contribution in [3.05, 3.63) is 52.9 Å². The second-order valence-corrected chi connectivity index (χ2v) is 5.80. The van der Waals surface area contributed by atoms with Crippen molar-refractivity contribution in [3.8, 4) is 0 Å². The van der Waals surface area contributed by atoms with Gasteiger partial charge in [-0.25, -0.2) is 0 Å². The van der Waals surface area contributed by atoms with Crippen molar-refractivity contribution >= 4 is 17.3 Å². The van der Waals surface area contributed by atoms with Crippen molar-refractivity contribution in [2.45, 2.75) is 32.0 Å². The molecule has 1 fully saturated rings. The van der Waals surface area contributed by atoms with E-state index >= 15 is 0 Å². The summed E-state index contributed by atoms with van der Waals surface area (Å²) in [6.07, 6.45) is 6.06. The van der Waals surface area contributed by atoms with Crippen molar-refractivity contribution < 1.29 is 4.42 Å². The van der Waals surface area contributed by atoms with E-state index in [9.17, 15) is 0 Å². The Morgan fingerprint density at radius 3 is 2.90 bits per heavy atom. The molecule has 4 heteroatoms. The zero-order valence-electron chi connectivity index (χ0n) is 11.6. The van der Waals surface area contributed by atoms with E-state index in [1.165, 1.54) is 18.4 Å². The van der Waals surface area contributed by atoms with Gasteiger partial charge in [0.2, 0.25) is 0 Å². The SMILES string of the molecule is CN(Cc1ccoc1)c1c(Cl)cccc1CNC1CC1. The number of halogens is 1. The van der Waals surface area contributed by atoms with E-state index in [0.29, 0.717) is 6.04 Å². The second kappa shape index (κ2) is 5.90. The molecule has 3 nitrogen and oxygen atoms in total. The van der Waals surface area contributed by atoms with Crippen LogP contribution < -0.4 is 10.2 Å². The number of hydrogen-bond donors (Lipinski definition) is 1. The smallest absolute Gasteiger partial charge is 0.0952 e. The van der Waals surface area contributed by atoms with Crippen LogP contribution in [0.15, 0.2) is 41.2 Å². The van der Waals surface area contributed by atoms with Crippen molar-refractivity contribution in [2.75, 3.05) is 11.9 Å². The van der Waals surface area contributed by atoms with Gasteiger partial charge in [0, 0.05) is 31.7 Å². The standard InChI is InChI=1S/C16H19ClN2O/c1-19(10-12-7-8-20-11-12)16-13(3-2-4-15(16)17)9-18-14-5-6-14/h2-4,7-8,11,14,18H,5-6,9-10H2,1H3. The van der Waals surface area contributed by atoms with Crippen molar-refractivity contribution in [1.29, 1.82) is 0 Å². The fourth-order valence-corrected chi connectivity index (χ4v) is 2.75. The Labute approximate surface area is 124 Å². The second-order valence-electron chi connectivity index (χ2n) is 5.39. The van der Waals surface area contributed by atoms with Gasteiger partial charge in [-0.15, -0.1) is 0 Å². The molecular formula is C16H19ClN2O. The van der Waals surface area contributed by atoms with Gasteiger partial charge in [0.25, 0.3) is 0 Å². The molecule has 1 aliphatic rings. The number of anilines is 1. The van der Waals surface area contributed by atoms with Gasteiger partial charge in [-0.1, -0.05) is 23.7 Å². The maximum Gasteiger partial charge on any atom is 0.0952 e. The summed E-state index contributed by atoms with van der Waals surface area (Å²) >= 11 is 6.40. The van der Waals surface area contributed by atoms with Gasteiger partial charge >= 0.3 is 0 Å². The lowest BCUT2D eigenvalue weighted by Gasteiger charge is -2.23. The number of nitrogens with one attached hydrogen (secondary N) is 1. The first-order valence-electron chi connectivity index (χ1n) is 6.97. The van der Waals surface area contributed by atoms with Crippen LogP contribution in [0.25, 0.3) is 0 Å². The summed E-state index contributed by atoms with van der Waals surface area (Å²) in [4.78, 5) is 2.18. The van der Waals surface area contributed by atoms with Gasteiger partial charge < -0.3 is 14.6 Å². The highest BCUT2D eigenvalue weighted by atomic mass is 35.5. The molecule has 1 aliphatic carbocycles. The maximum atomic E-state index is 6.40. The van der Waals surface area contributed by atoms with Crippen LogP contribution in [0.3, 0.4) is 0 Å². The number of para-hydroxylation sites is 1. The molecule has 0 atom stereocenters. The van der Waals surface area contributed by atoms with Crippen LogP contribution in [0, 0.1) is 0 Å². The van der Waals surface area contributed by atoms with E-state index < -0.39 is 0 Å². The number of rotatable bonds is 6. The maximum absolute atomic E-state index is 6.40. The molecule has 0 amide bonds. The van der Waals surface area contributed by atoms with Crippen molar-refractivity contribution in [1.82, 2.24) is 5.32 Å². The molecular weight excluding hydrogens is 272 g/mol. The van der Waals surface area contributed by atoms with Gasteiger partial charge in [0.15, 0.2) is 0 Å². The van der Waals surface area contributed by atoms with Crippen LogP contribution in [0.2, 0.25) is 5.02 Å². The van der Waals surface area contributed by atoms with E-state index in [1.807, 2.05) is 18.2 Å². The molecule has 0 spiro atoms. The van der Waals surface area contributed by atoms with Gasteiger partial charge in [0.05, 0.1) is 23.2 Å². The number of nitrogens with zero attached hydrogens (tertiary/aromatic N) is 1. The Balaban J connectivity index is 1.78. The van der Waals surface area contributed by atoms with Crippen LogP contribution in [-0.2, 0) is 13.1 Å². The predicted molar refractivity (Wildman–Crippen MR) is 82.1 cm³/mol. The fraction of sp³-hybridized carbons (Fsp3) is 0.375. The Kier molecular flexibility index (Phi) is 3.99. The first kappa shape index (κ1) is 13.5. The third kappa shape index (κ3) is 3.17. The molecule has 0 radical (unpaired) electrons. The summed E-state index contributed by atoms with van der Waals surface area (Å²) in [6.45, 7) is 1.66. The Morgan fingerprint density at radius 1 is 1.35 bits per heavy atom. The first-order valence-corrected chi connectivity index (χ1v) is 7.35. The molecule has 2 aromatic rings. The molecule has 1 heterocycles. The Bertz CT molecular complexity index is 564. The predicted octanol–water partition coefficient (Wildman–Crippen LogP) is 3.82. The highest BCUT2D eigenvalue weighted by Gasteiger charge is 2.21. The summed E-state index contributed by atoms with van der Waals surface area (Å²) in [5, 5.41) is 4.35.